The van der Waals surface area contributed by atoms with Gasteiger partial charge in [0.2, 0.25) is 11.8 Å². The number of fused-ring (bicyclic) bond motifs is 3. The van der Waals surface area contributed by atoms with Crippen LogP contribution in [-0.4, -0.2) is 91.8 Å². The molecule has 3 atom stereocenters. The number of hydrogen-bond donors (Lipinski definition) is 6. The number of aliphatic carboxylic acids is 1. The number of carbonyl (C=O) groups is 5. The van der Waals surface area contributed by atoms with Crippen molar-refractivity contribution < 1.29 is 43.7 Å². The van der Waals surface area contributed by atoms with Crippen LogP contribution in [0.15, 0.2) is 164 Å². The third kappa shape index (κ3) is 23.2. The van der Waals surface area contributed by atoms with Gasteiger partial charge in [0.15, 0.2) is 0 Å². The third-order valence-corrected chi connectivity index (χ3v) is 12.2. The van der Waals surface area contributed by atoms with Crippen molar-refractivity contribution in [2.45, 2.75) is 129 Å². The second-order valence-corrected chi connectivity index (χ2v) is 21.6. The number of ether oxygens (including phenoxy) is 2. The summed E-state index contributed by atoms with van der Waals surface area (Å²) in [5, 5.41) is 24.7. The second kappa shape index (κ2) is 33.4. The summed E-state index contributed by atoms with van der Waals surface area (Å²) in [6, 6.07) is 51.3. The monoisotopic (exact) mass is 1130 g/mol. The summed E-state index contributed by atoms with van der Waals surface area (Å²) in [6.07, 6.45) is -0.0717. The van der Waals surface area contributed by atoms with E-state index in [1.807, 2.05) is 132 Å². The Labute approximate surface area is 481 Å². The quantitative estimate of drug-likeness (QED) is 0.0672. The van der Waals surface area contributed by atoms with Gasteiger partial charge >= 0.3 is 18.2 Å². The molecule has 0 radical (unpaired) electrons. The van der Waals surface area contributed by atoms with Crippen molar-refractivity contribution in [3.8, 4) is 0 Å². The zero-order chi connectivity index (χ0) is 58.7. The van der Waals surface area contributed by atoms with Crippen molar-refractivity contribution in [1.82, 2.24) is 25.8 Å². The number of nitrogens with two attached hydrogens (primary N) is 1. The van der Waals surface area contributed by atoms with Gasteiger partial charge in [-0.1, -0.05) is 164 Å². The van der Waals surface area contributed by atoms with E-state index < -0.39 is 47.5 Å². The molecule has 0 spiro atoms. The minimum Gasteiger partial charge on any atom is -0.480 e. The molecule has 0 aromatic heterocycles. The Morgan fingerprint density at radius 2 is 0.787 bits per heavy atom. The molecule has 3 heterocycles. The van der Waals surface area contributed by atoms with E-state index in [-0.39, 0.29) is 23.6 Å². The molecule has 428 valence electrons. The maximum absolute atomic E-state index is 13.2. The minimum absolute atomic E-state index is 0.0325. The van der Waals surface area contributed by atoms with Gasteiger partial charge in [-0.3, -0.25) is 9.59 Å². The summed E-state index contributed by atoms with van der Waals surface area (Å²) in [6.45, 7) is 15.2. The van der Waals surface area contributed by atoms with Crippen LogP contribution in [-0.2, 0) is 82.4 Å². The van der Waals surface area contributed by atoms with E-state index >= 15 is 0 Å². The van der Waals surface area contributed by atoms with E-state index in [2.05, 4.69) is 52.3 Å². The second-order valence-electron chi connectivity index (χ2n) is 20.8. The number of carboxylic acid groups (broad SMARTS) is 1. The molecule has 9 rings (SSSR count). The van der Waals surface area contributed by atoms with Crippen LogP contribution >= 0.6 is 23.2 Å². The van der Waals surface area contributed by atoms with Crippen LogP contribution in [0.3, 0.4) is 0 Å². The Balaban J connectivity index is 0.000000233. The predicted molar refractivity (Wildman–Crippen MR) is 315 cm³/mol. The predicted octanol–water partition coefficient (Wildman–Crippen LogP) is 10.3. The molecule has 3 aliphatic heterocycles. The molecule has 0 saturated heterocycles. The average Bonchev–Trinajstić information content (AvgIpc) is 4.23. The zero-order valence-corrected chi connectivity index (χ0v) is 48.4. The molecular weight excluding hydrogens is 1060 g/mol. The van der Waals surface area contributed by atoms with E-state index in [1.54, 1.807) is 46.4 Å². The number of carboxylic acids is 1. The van der Waals surface area contributed by atoms with Crippen molar-refractivity contribution in [2.75, 3.05) is 12.4 Å². The Morgan fingerprint density at radius 3 is 1.12 bits per heavy atom. The number of alkyl halides is 2. The van der Waals surface area contributed by atoms with Crippen molar-refractivity contribution in [2.24, 2.45) is 5.73 Å². The molecule has 4 amide bonds. The number of halogens is 2. The fraction of sp³-hybridized carbons (Fsp3) is 0.349. The first-order chi connectivity index (χ1) is 38.2. The molecule has 80 heavy (non-hydrogen) atoms. The summed E-state index contributed by atoms with van der Waals surface area (Å²) >= 11 is 9.53. The maximum Gasteiger partial charge on any atom is 0.408 e. The smallest absolute Gasteiger partial charge is 0.408 e. The number of benzene rings is 6. The zero-order valence-electron chi connectivity index (χ0n) is 46.9. The highest BCUT2D eigenvalue weighted by Crippen LogP contribution is 2.25. The molecule has 15 nitrogen and oxygen atoms in total. The average molecular weight is 1130 g/mol. The van der Waals surface area contributed by atoms with Crippen LogP contribution in [0.4, 0.5) is 9.59 Å². The number of aliphatic hydroxyl groups is 1. The molecule has 7 N–H and O–H groups in total. The lowest BCUT2D eigenvalue weighted by Crippen LogP contribution is -2.49. The number of carbonyl (C=O) groups excluding carboxylic acids is 4. The Bertz CT molecular complexity index is 2780. The summed E-state index contributed by atoms with van der Waals surface area (Å²) < 4.78 is 10.4. The van der Waals surface area contributed by atoms with E-state index in [1.165, 1.54) is 22.3 Å². The number of nitrogens with zero attached hydrogens (tertiary/aromatic N) is 2. The number of amides is 4. The van der Waals surface area contributed by atoms with Gasteiger partial charge in [0, 0.05) is 59.2 Å². The molecule has 6 aromatic rings. The highest BCUT2D eigenvalue weighted by Gasteiger charge is 2.32. The van der Waals surface area contributed by atoms with Gasteiger partial charge in [0.25, 0.3) is 0 Å². The molecular formula is C63H78Cl2N6O9. The molecule has 0 aliphatic carbocycles. The lowest BCUT2D eigenvalue weighted by molar-refractivity contribution is -0.139. The Morgan fingerprint density at radius 1 is 0.500 bits per heavy atom. The minimum atomic E-state index is -1.09. The van der Waals surface area contributed by atoms with Crippen molar-refractivity contribution in [3.63, 3.8) is 0 Å². The lowest BCUT2D eigenvalue weighted by Gasteiger charge is -2.26. The van der Waals surface area contributed by atoms with E-state index in [0.717, 1.165) is 48.0 Å². The molecule has 3 aliphatic rings. The van der Waals surface area contributed by atoms with Gasteiger partial charge in [-0.15, -0.1) is 23.2 Å². The van der Waals surface area contributed by atoms with Crippen molar-refractivity contribution in [1.29, 1.82) is 0 Å². The largest absolute Gasteiger partial charge is 0.480 e. The summed E-state index contributed by atoms with van der Waals surface area (Å²) in [4.78, 5) is 64.2. The van der Waals surface area contributed by atoms with Crippen LogP contribution in [0.5, 0.6) is 0 Å². The SMILES string of the molecule is CC(C)(C)OC(=O)N[C@H](Cc1ccccc1)C(=O)N1Cc2ccccc2C1.CC(C)(C)OC(=O)N[C@H](Cc1ccccc1)C(=O)O.CO.ClCCl.N[C@H](Cc1ccccc1)C(=O)N1Cc2ccccc2C1.c1ccc2c(c1)CNC2. The van der Waals surface area contributed by atoms with Crippen LogP contribution in [0.25, 0.3) is 0 Å². The van der Waals surface area contributed by atoms with Crippen LogP contribution in [0.2, 0.25) is 0 Å². The number of aliphatic hydroxyl groups excluding tert-OH is 1. The van der Waals surface area contributed by atoms with Gasteiger partial charge in [0.05, 0.1) is 11.4 Å². The van der Waals surface area contributed by atoms with Crippen molar-refractivity contribution in [3.05, 3.63) is 214 Å². The molecule has 0 bridgehead atoms. The van der Waals surface area contributed by atoms with Gasteiger partial charge < -0.3 is 51.2 Å². The van der Waals surface area contributed by atoms with E-state index in [4.69, 9.17) is 48.6 Å². The van der Waals surface area contributed by atoms with Crippen LogP contribution in [0.1, 0.15) is 91.6 Å². The topological polar surface area (TPSA) is 213 Å². The van der Waals surface area contributed by atoms with Gasteiger partial charge in [-0.2, -0.15) is 0 Å². The van der Waals surface area contributed by atoms with Crippen LogP contribution < -0.4 is 21.7 Å². The first-order valence-electron chi connectivity index (χ1n) is 26.4. The van der Waals surface area contributed by atoms with Gasteiger partial charge in [0.1, 0.15) is 23.3 Å². The fourth-order valence-corrected chi connectivity index (χ4v) is 8.62. The summed E-state index contributed by atoms with van der Waals surface area (Å²) in [5.74, 6) is -1.15. The molecule has 0 saturated carbocycles. The van der Waals surface area contributed by atoms with Crippen molar-refractivity contribution >= 4 is 53.2 Å². The Hall–Kier alpha value is -7.27. The van der Waals surface area contributed by atoms with E-state index in [0.29, 0.717) is 39.0 Å². The molecule has 0 unspecified atom stereocenters. The molecule has 17 heteroatoms. The summed E-state index contributed by atoms with van der Waals surface area (Å²) in [5.41, 5.74) is 15.4. The van der Waals surface area contributed by atoms with Crippen LogP contribution in [0, 0.1) is 0 Å². The molecule has 0 fully saturated rings. The number of alkyl carbamates (subject to hydrolysis) is 2. The third-order valence-electron chi connectivity index (χ3n) is 12.2. The Kier molecular flexibility index (Phi) is 27.2. The summed E-state index contributed by atoms with van der Waals surface area (Å²) in [7, 11) is 1.00. The number of hydrogen-bond acceptors (Lipinski definition) is 10. The normalized spacial score (nSPS) is 13.6. The van der Waals surface area contributed by atoms with Gasteiger partial charge in [-0.25, -0.2) is 14.4 Å². The van der Waals surface area contributed by atoms with Gasteiger partial charge in [-0.05, 0) is 98.0 Å². The highest BCUT2D eigenvalue weighted by molar-refractivity contribution is 6.40. The fourth-order valence-electron chi connectivity index (χ4n) is 8.62. The lowest BCUT2D eigenvalue weighted by atomic mass is 10.0. The standard InChI is InChI=1S/C22H26N2O3.C17H18N2O.C14H19NO4.C8H9N.CH2Cl2.CH4O/c1-22(2,3)27-21(26)23-19(13-16-9-5-4-6-10-16)20(25)24-14-17-11-7-8-12-18(17)15-24;18-16(10-13-6-2-1-3-7-13)17(20)19-11-14-8-4-5-9-15(14)12-19;1-14(2,3)19-13(18)15-11(12(16)17)9-10-7-5-4-6-8-10;1-2-4-8-6-9-5-7(8)3-1;2-1-3;1-2/h4-12,19H,13-15H2,1-3H3,(H,23,26);1-9,16H,10-12,18H2;4-8,11H,9H2,1-3H3,(H,15,18)(H,16,17);1-4,9H,5-6H2;1H2;2H,1H3/t19-;16-;11-;;;/m111.../s1. The highest BCUT2D eigenvalue weighted by atomic mass is 35.5. The molecule has 6 aromatic carbocycles. The first-order valence-corrected chi connectivity index (χ1v) is 27.4. The number of rotatable bonds is 11. The maximum atomic E-state index is 13.2. The number of nitrogens with one attached hydrogen (secondary N) is 3. The first kappa shape index (κ1) is 65.2. The van der Waals surface area contributed by atoms with E-state index in [9.17, 15) is 24.0 Å².